The van der Waals surface area contributed by atoms with Gasteiger partial charge in [-0.25, -0.2) is 0 Å². The molecule has 0 radical (unpaired) electrons. The number of aliphatic carboxylic acids is 1. The molecule has 1 saturated carbocycles. The molecule has 5 heteroatoms. The zero-order chi connectivity index (χ0) is 15.5. The Morgan fingerprint density at radius 1 is 1.43 bits per heavy atom. The van der Waals surface area contributed by atoms with E-state index in [1.807, 2.05) is 25.1 Å². The first kappa shape index (κ1) is 15.8. The highest BCUT2D eigenvalue weighted by atomic mass is 35.5. The van der Waals surface area contributed by atoms with Crippen molar-refractivity contribution in [2.24, 2.45) is 5.92 Å². The van der Waals surface area contributed by atoms with E-state index in [4.69, 9.17) is 16.7 Å². The Balaban J connectivity index is 2.03. The number of halogens is 1. The van der Waals surface area contributed by atoms with Gasteiger partial charge in [0.05, 0.1) is 5.41 Å². The molecule has 1 aliphatic carbocycles. The van der Waals surface area contributed by atoms with Gasteiger partial charge in [0.2, 0.25) is 5.91 Å². The third-order valence-corrected chi connectivity index (χ3v) is 4.39. The lowest BCUT2D eigenvalue weighted by Gasteiger charge is -2.41. The lowest BCUT2D eigenvalue weighted by atomic mass is 9.64. The van der Waals surface area contributed by atoms with E-state index in [2.05, 4.69) is 5.32 Å². The van der Waals surface area contributed by atoms with Crippen LogP contribution >= 0.6 is 11.6 Å². The van der Waals surface area contributed by atoms with Crippen LogP contribution in [0.5, 0.6) is 0 Å². The molecular formula is C16H20ClNO3. The summed E-state index contributed by atoms with van der Waals surface area (Å²) in [6, 6.07) is 7.44. The fourth-order valence-corrected chi connectivity index (χ4v) is 2.96. The molecule has 0 heterocycles. The number of rotatable bonds is 6. The lowest BCUT2D eigenvalue weighted by Crippen LogP contribution is -2.50. The molecule has 0 aliphatic heterocycles. The second-order valence-corrected chi connectivity index (χ2v) is 6.30. The second-order valence-electron chi connectivity index (χ2n) is 5.86. The van der Waals surface area contributed by atoms with Crippen molar-refractivity contribution in [1.82, 2.24) is 5.32 Å². The van der Waals surface area contributed by atoms with Crippen LogP contribution in [-0.2, 0) is 15.0 Å². The van der Waals surface area contributed by atoms with E-state index < -0.39 is 11.4 Å². The van der Waals surface area contributed by atoms with Crippen molar-refractivity contribution in [3.63, 3.8) is 0 Å². The van der Waals surface area contributed by atoms with Crippen LogP contribution in [0.2, 0.25) is 5.02 Å². The summed E-state index contributed by atoms with van der Waals surface area (Å²) in [5, 5.41) is 12.3. The average molecular weight is 310 g/mol. The molecule has 2 rings (SSSR count). The fraction of sp³-hybridized carbons (Fsp3) is 0.500. The first-order valence-corrected chi connectivity index (χ1v) is 7.58. The summed E-state index contributed by atoms with van der Waals surface area (Å²) in [5.74, 6) is -0.943. The smallest absolute Gasteiger partial charge is 0.303 e. The molecule has 1 aromatic rings. The molecule has 4 nitrogen and oxygen atoms in total. The quantitative estimate of drug-likeness (QED) is 0.849. The summed E-state index contributed by atoms with van der Waals surface area (Å²) in [7, 11) is 0. The van der Waals surface area contributed by atoms with Crippen LogP contribution < -0.4 is 5.32 Å². The first-order chi connectivity index (χ1) is 9.94. The van der Waals surface area contributed by atoms with Crippen LogP contribution in [0.1, 0.15) is 38.2 Å². The number of carboxylic acid groups (broad SMARTS) is 1. The van der Waals surface area contributed by atoms with E-state index in [-0.39, 0.29) is 18.2 Å². The average Bonchev–Trinajstić information content (AvgIpc) is 2.34. The van der Waals surface area contributed by atoms with Gasteiger partial charge in [0.15, 0.2) is 0 Å². The number of carbonyl (C=O) groups excluding carboxylic acids is 1. The number of carbonyl (C=O) groups is 2. The zero-order valence-electron chi connectivity index (χ0n) is 12.1. The summed E-state index contributed by atoms with van der Waals surface area (Å²) in [4.78, 5) is 23.2. The minimum atomic E-state index is -0.843. The summed E-state index contributed by atoms with van der Waals surface area (Å²) in [6.07, 6.45) is 2.70. The van der Waals surface area contributed by atoms with Crippen LogP contribution in [0, 0.1) is 5.92 Å². The summed E-state index contributed by atoms with van der Waals surface area (Å²) < 4.78 is 0. The van der Waals surface area contributed by atoms with Crippen molar-refractivity contribution < 1.29 is 14.7 Å². The van der Waals surface area contributed by atoms with Gasteiger partial charge in [-0.3, -0.25) is 9.59 Å². The van der Waals surface area contributed by atoms with E-state index in [9.17, 15) is 9.59 Å². The Labute approximate surface area is 129 Å². The molecule has 2 N–H and O–H groups in total. The summed E-state index contributed by atoms with van der Waals surface area (Å²) in [5.41, 5.74) is 0.457. The number of nitrogens with one attached hydrogen (secondary N) is 1. The van der Waals surface area contributed by atoms with E-state index in [1.54, 1.807) is 6.07 Å². The van der Waals surface area contributed by atoms with Crippen LogP contribution in [-0.4, -0.2) is 23.5 Å². The van der Waals surface area contributed by atoms with Crippen molar-refractivity contribution in [1.29, 1.82) is 0 Å². The zero-order valence-corrected chi connectivity index (χ0v) is 12.8. The summed E-state index contributed by atoms with van der Waals surface area (Å²) >= 11 is 6.02. The van der Waals surface area contributed by atoms with Crippen LogP contribution in [0.3, 0.4) is 0 Å². The van der Waals surface area contributed by atoms with Crippen molar-refractivity contribution in [2.45, 2.75) is 38.0 Å². The highest BCUT2D eigenvalue weighted by molar-refractivity contribution is 6.30. The summed E-state index contributed by atoms with van der Waals surface area (Å²) in [6.45, 7) is 2.20. The molecule has 1 aliphatic rings. The van der Waals surface area contributed by atoms with Crippen molar-refractivity contribution in [2.75, 3.05) is 6.54 Å². The van der Waals surface area contributed by atoms with E-state index in [1.165, 1.54) is 0 Å². The topological polar surface area (TPSA) is 66.4 Å². The minimum Gasteiger partial charge on any atom is -0.481 e. The second kappa shape index (κ2) is 6.48. The molecule has 0 aromatic heterocycles. The van der Waals surface area contributed by atoms with Gasteiger partial charge in [0, 0.05) is 18.0 Å². The predicted octanol–water partition coefficient (Wildman–Crippen LogP) is 2.99. The molecule has 1 aromatic carbocycles. The maximum Gasteiger partial charge on any atom is 0.303 e. The third kappa shape index (κ3) is 3.56. The number of amides is 1. The fourth-order valence-electron chi connectivity index (χ4n) is 2.77. The monoisotopic (exact) mass is 309 g/mol. The van der Waals surface area contributed by atoms with Crippen molar-refractivity contribution >= 4 is 23.5 Å². The molecule has 0 saturated heterocycles. The highest BCUT2D eigenvalue weighted by Crippen LogP contribution is 2.44. The molecule has 1 unspecified atom stereocenters. The molecule has 0 spiro atoms. The first-order valence-electron chi connectivity index (χ1n) is 7.20. The minimum absolute atomic E-state index is 0.0201. The van der Waals surface area contributed by atoms with Gasteiger partial charge in [0.25, 0.3) is 0 Å². The van der Waals surface area contributed by atoms with E-state index in [0.717, 1.165) is 24.8 Å². The van der Waals surface area contributed by atoms with Gasteiger partial charge in [-0.15, -0.1) is 0 Å². The molecule has 1 amide bonds. The molecule has 0 bridgehead atoms. The van der Waals surface area contributed by atoms with Gasteiger partial charge in [-0.1, -0.05) is 37.1 Å². The van der Waals surface area contributed by atoms with Gasteiger partial charge in [-0.05, 0) is 36.5 Å². The maximum absolute atomic E-state index is 12.5. The Kier molecular flexibility index (Phi) is 4.88. The molecular weight excluding hydrogens is 290 g/mol. The lowest BCUT2D eigenvalue weighted by molar-refractivity contribution is -0.138. The SMILES string of the molecule is CC(CNC(=O)C1(c2cccc(Cl)c2)CCC1)CC(=O)O. The Morgan fingerprint density at radius 2 is 2.14 bits per heavy atom. The molecule has 114 valence electrons. The Morgan fingerprint density at radius 3 is 2.67 bits per heavy atom. The molecule has 1 atom stereocenters. The Bertz CT molecular complexity index is 540. The Hall–Kier alpha value is -1.55. The van der Waals surface area contributed by atoms with Gasteiger partial charge in [0.1, 0.15) is 0 Å². The van der Waals surface area contributed by atoms with E-state index >= 15 is 0 Å². The van der Waals surface area contributed by atoms with Crippen LogP contribution in [0.25, 0.3) is 0 Å². The maximum atomic E-state index is 12.5. The largest absolute Gasteiger partial charge is 0.481 e. The molecule has 21 heavy (non-hydrogen) atoms. The molecule has 1 fully saturated rings. The number of hydrogen-bond donors (Lipinski definition) is 2. The van der Waals surface area contributed by atoms with Gasteiger partial charge < -0.3 is 10.4 Å². The predicted molar refractivity (Wildman–Crippen MR) is 81.4 cm³/mol. The third-order valence-electron chi connectivity index (χ3n) is 4.15. The number of carboxylic acids is 1. The normalized spacial score (nSPS) is 17.6. The standard InChI is InChI=1S/C16H20ClNO3/c1-11(8-14(19)20)10-18-15(21)16(6-3-7-16)12-4-2-5-13(17)9-12/h2,4-5,9,11H,3,6-8,10H2,1H3,(H,18,21)(H,19,20). The van der Waals surface area contributed by atoms with Gasteiger partial charge >= 0.3 is 5.97 Å². The number of benzene rings is 1. The highest BCUT2D eigenvalue weighted by Gasteiger charge is 2.45. The number of hydrogen-bond acceptors (Lipinski definition) is 2. The van der Waals surface area contributed by atoms with Crippen molar-refractivity contribution in [3.8, 4) is 0 Å². The van der Waals surface area contributed by atoms with Gasteiger partial charge in [-0.2, -0.15) is 0 Å². The van der Waals surface area contributed by atoms with Crippen LogP contribution in [0.4, 0.5) is 0 Å². The van der Waals surface area contributed by atoms with Crippen molar-refractivity contribution in [3.05, 3.63) is 34.9 Å². The van der Waals surface area contributed by atoms with E-state index in [0.29, 0.717) is 11.6 Å². The van der Waals surface area contributed by atoms with Crippen LogP contribution in [0.15, 0.2) is 24.3 Å².